The minimum atomic E-state index is -3.88. The van der Waals surface area contributed by atoms with Crippen LogP contribution in [-0.4, -0.2) is 32.3 Å². The van der Waals surface area contributed by atoms with Gasteiger partial charge in [0.15, 0.2) is 5.76 Å². The van der Waals surface area contributed by atoms with E-state index in [1.54, 1.807) is 4.90 Å². The van der Waals surface area contributed by atoms with Gasteiger partial charge in [0.2, 0.25) is 0 Å². The molecule has 112 valence electrons. The third-order valence-corrected chi connectivity index (χ3v) is 4.92. The van der Waals surface area contributed by atoms with E-state index in [2.05, 4.69) is 0 Å². The van der Waals surface area contributed by atoms with E-state index in [1.165, 1.54) is 19.4 Å². The molecule has 0 unspecified atom stereocenters. The third-order valence-electron chi connectivity index (χ3n) is 3.49. The topological polar surface area (TPSA) is 67.6 Å². The maximum absolute atomic E-state index is 12.4. The summed E-state index contributed by atoms with van der Waals surface area (Å²) in [5, 5.41) is 0. The van der Waals surface area contributed by atoms with Crippen molar-refractivity contribution < 1.29 is 17.6 Å². The molecule has 5 nitrogen and oxygen atoms in total. The first-order chi connectivity index (χ1) is 9.39. The molecule has 0 N–H and O–H groups in total. The second-order valence-corrected chi connectivity index (χ2v) is 7.56. The van der Waals surface area contributed by atoms with Crippen LogP contribution in [0.25, 0.3) is 0 Å². The zero-order chi connectivity index (χ0) is 14.8. The Morgan fingerprint density at radius 2 is 1.75 bits per heavy atom. The quantitative estimate of drug-likeness (QED) is 0.786. The van der Waals surface area contributed by atoms with Gasteiger partial charge >= 0.3 is 0 Å². The molecule has 0 bridgehead atoms. The van der Waals surface area contributed by atoms with Crippen LogP contribution in [0.5, 0.6) is 0 Å². The van der Waals surface area contributed by atoms with E-state index in [9.17, 15) is 13.2 Å². The van der Waals surface area contributed by atoms with Crippen LogP contribution in [0.2, 0.25) is 0 Å². The number of carbonyl (C=O) groups is 1. The van der Waals surface area contributed by atoms with Crippen molar-refractivity contribution in [2.45, 2.75) is 43.9 Å². The number of hydrogen-bond donors (Lipinski definition) is 0. The SMILES string of the molecule is Cc1oc(C(=O)N2CCCCCCC2)cc1S(=O)(=O)Cl. The highest BCUT2D eigenvalue weighted by molar-refractivity contribution is 8.13. The summed E-state index contributed by atoms with van der Waals surface area (Å²) in [6, 6.07) is 1.22. The molecule has 0 atom stereocenters. The van der Waals surface area contributed by atoms with Crippen molar-refractivity contribution >= 4 is 25.6 Å². The van der Waals surface area contributed by atoms with E-state index in [1.807, 2.05) is 0 Å². The zero-order valence-electron chi connectivity index (χ0n) is 11.4. The molecule has 0 radical (unpaired) electrons. The fourth-order valence-electron chi connectivity index (χ4n) is 2.42. The molecule has 20 heavy (non-hydrogen) atoms. The zero-order valence-corrected chi connectivity index (χ0v) is 13.0. The average molecular weight is 320 g/mol. The number of likely N-dealkylation sites (tertiary alicyclic amines) is 1. The number of amides is 1. The van der Waals surface area contributed by atoms with Crippen LogP contribution in [0.4, 0.5) is 0 Å². The Hall–Kier alpha value is -1.01. The van der Waals surface area contributed by atoms with Gasteiger partial charge in [-0.15, -0.1) is 0 Å². The number of aryl methyl sites for hydroxylation is 1. The summed E-state index contributed by atoms with van der Waals surface area (Å²) in [4.78, 5) is 13.9. The van der Waals surface area contributed by atoms with E-state index < -0.39 is 9.05 Å². The summed E-state index contributed by atoms with van der Waals surface area (Å²) in [6.45, 7) is 2.85. The number of carbonyl (C=O) groups excluding carboxylic acids is 1. The summed E-state index contributed by atoms with van der Waals surface area (Å²) >= 11 is 0. The van der Waals surface area contributed by atoms with Crippen molar-refractivity contribution in [1.82, 2.24) is 4.90 Å². The first-order valence-electron chi connectivity index (χ1n) is 6.74. The molecule has 1 aromatic rings. The van der Waals surface area contributed by atoms with Gasteiger partial charge in [-0.05, 0) is 19.8 Å². The standard InChI is InChI=1S/C13H18ClNO4S/c1-10-12(20(14,17)18)9-11(19-10)13(16)15-7-5-3-2-4-6-8-15/h9H,2-8H2,1H3. The summed E-state index contributed by atoms with van der Waals surface area (Å²) in [5.41, 5.74) is 0. The summed E-state index contributed by atoms with van der Waals surface area (Å²) in [5.74, 6) is -0.0701. The largest absolute Gasteiger partial charge is 0.455 e. The second kappa shape index (κ2) is 6.18. The Morgan fingerprint density at radius 3 is 2.25 bits per heavy atom. The number of rotatable bonds is 2. The lowest BCUT2D eigenvalue weighted by atomic mass is 10.1. The van der Waals surface area contributed by atoms with Crippen molar-refractivity contribution in [2.75, 3.05) is 13.1 Å². The lowest BCUT2D eigenvalue weighted by molar-refractivity contribution is 0.0709. The molecule has 2 heterocycles. The third kappa shape index (κ3) is 3.55. The molecule has 1 aliphatic heterocycles. The molecule has 0 aromatic carbocycles. The predicted molar refractivity (Wildman–Crippen MR) is 75.5 cm³/mol. The molecule has 1 amide bonds. The summed E-state index contributed by atoms with van der Waals surface area (Å²) in [7, 11) is 1.42. The van der Waals surface area contributed by atoms with Gasteiger partial charge in [0.05, 0.1) is 0 Å². The molecule has 1 aliphatic rings. The molecule has 0 saturated carbocycles. The Bertz CT molecular complexity index is 586. The van der Waals surface area contributed by atoms with Gasteiger partial charge in [0.25, 0.3) is 15.0 Å². The van der Waals surface area contributed by atoms with Gasteiger partial charge in [0.1, 0.15) is 10.7 Å². The van der Waals surface area contributed by atoms with Crippen molar-refractivity contribution in [2.24, 2.45) is 0 Å². The van der Waals surface area contributed by atoms with E-state index in [0.717, 1.165) is 25.7 Å². The highest BCUT2D eigenvalue weighted by atomic mass is 35.7. The van der Waals surface area contributed by atoms with Crippen molar-refractivity contribution in [3.63, 3.8) is 0 Å². The lowest BCUT2D eigenvalue weighted by Gasteiger charge is -2.23. The van der Waals surface area contributed by atoms with Crippen LogP contribution in [0.3, 0.4) is 0 Å². The van der Waals surface area contributed by atoms with Crippen LogP contribution in [0.1, 0.15) is 48.4 Å². The van der Waals surface area contributed by atoms with Crippen LogP contribution in [0, 0.1) is 6.92 Å². The lowest BCUT2D eigenvalue weighted by Crippen LogP contribution is -2.33. The van der Waals surface area contributed by atoms with Gasteiger partial charge in [-0.1, -0.05) is 19.3 Å². The first-order valence-corrected chi connectivity index (χ1v) is 9.05. The number of nitrogens with zero attached hydrogens (tertiary/aromatic N) is 1. The minimum Gasteiger partial charge on any atom is -0.455 e. The predicted octanol–water partition coefficient (Wildman–Crippen LogP) is 2.92. The molecule has 2 rings (SSSR count). The highest BCUT2D eigenvalue weighted by Gasteiger charge is 2.25. The van der Waals surface area contributed by atoms with Crippen molar-refractivity contribution in [1.29, 1.82) is 0 Å². The number of furan rings is 1. The van der Waals surface area contributed by atoms with Crippen LogP contribution < -0.4 is 0 Å². The van der Waals surface area contributed by atoms with E-state index >= 15 is 0 Å². The van der Waals surface area contributed by atoms with Gasteiger partial charge in [0, 0.05) is 29.8 Å². The van der Waals surface area contributed by atoms with Gasteiger partial charge in [-0.25, -0.2) is 8.42 Å². The molecular weight excluding hydrogens is 302 g/mol. The number of hydrogen-bond acceptors (Lipinski definition) is 4. The summed E-state index contributed by atoms with van der Waals surface area (Å²) in [6.07, 6.45) is 5.36. The Kier molecular flexibility index (Phi) is 4.75. The Morgan fingerprint density at radius 1 is 1.20 bits per heavy atom. The first kappa shape index (κ1) is 15.4. The van der Waals surface area contributed by atoms with Crippen molar-refractivity contribution in [3.05, 3.63) is 17.6 Å². The van der Waals surface area contributed by atoms with Crippen molar-refractivity contribution in [3.8, 4) is 0 Å². The maximum Gasteiger partial charge on any atom is 0.289 e. The van der Waals surface area contributed by atoms with Gasteiger partial charge in [-0.2, -0.15) is 0 Å². The fourth-order valence-corrected chi connectivity index (χ4v) is 3.51. The minimum absolute atomic E-state index is 0.0438. The fraction of sp³-hybridized carbons (Fsp3) is 0.615. The molecular formula is C13H18ClNO4S. The smallest absolute Gasteiger partial charge is 0.289 e. The molecule has 0 spiro atoms. The molecule has 0 aliphatic carbocycles. The van der Waals surface area contributed by atoms with E-state index in [4.69, 9.17) is 15.1 Å². The Labute approximate surface area is 123 Å². The van der Waals surface area contributed by atoms with Gasteiger partial charge < -0.3 is 9.32 Å². The maximum atomic E-state index is 12.4. The van der Waals surface area contributed by atoms with Crippen LogP contribution >= 0.6 is 10.7 Å². The average Bonchev–Trinajstić information content (AvgIpc) is 2.70. The monoisotopic (exact) mass is 319 g/mol. The molecule has 1 aromatic heterocycles. The van der Waals surface area contributed by atoms with E-state index in [-0.39, 0.29) is 22.3 Å². The molecule has 7 heteroatoms. The molecule has 1 saturated heterocycles. The Balaban J connectivity index is 2.20. The van der Waals surface area contributed by atoms with E-state index in [0.29, 0.717) is 13.1 Å². The second-order valence-electron chi connectivity index (χ2n) is 5.03. The number of halogens is 1. The molecule has 1 fully saturated rings. The summed E-state index contributed by atoms with van der Waals surface area (Å²) < 4.78 is 28.0. The van der Waals surface area contributed by atoms with Crippen LogP contribution in [-0.2, 0) is 9.05 Å². The van der Waals surface area contributed by atoms with Gasteiger partial charge in [-0.3, -0.25) is 4.79 Å². The normalized spacial score (nSPS) is 17.6. The van der Waals surface area contributed by atoms with Crippen LogP contribution in [0.15, 0.2) is 15.4 Å². The highest BCUT2D eigenvalue weighted by Crippen LogP contribution is 2.24.